The Morgan fingerprint density at radius 1 is 1.25 bits per heavy atom. The van der Waals surface area contributed by atoms with Crippen LogP contribution in [0.5, 0.6) is 0 Å². The standard InChI is InChI=1S/C16H15ClOS2/c17-16-7-2-1-6-14(16)11-19-12-15-9-13(10-20-15)5-3-4-8-18/h1-2,6-7,9-10,18H,4,8,11-12H2. The largest absolute Gasteiger partial charge is 0.395 e. The van der Waals surface area contributed by atoms with Gasteiger partial charge in [-0.15, -0.1) is 11.3 Å². The van der Waals surface area contributed by atoms with E-state index in [4.69, 9.17) is 16.7 Å². The number of thiophene rings is 1. The monoisotopic (exact) mass is 322 g/mol. The maximum atomic E-state index is 8.68. The van der Waals surface area contributed by atoms with Crippen molar-refractivity contribution in [3.63, 3.8) is 0 Å². The van der Waals surface area contributed by atoms with Crippen LogP contribution in [-0.4, -0.2) is 11.7 Å². The summed E-state index contributed by atoms with van der Waals surface area (Å²) < 4.78 is 0. The predicted octanol–water partition coefficient (Wildman–Crippen LogP) is 4.57. The van der Waals surface area contributed by atoms with Crippen LogP contribution in [0.25, 0.3) is 0 Å². The lowest BCUT2D eigenvalue weighted by molar-refractivity contribution is 0.305. The molecule has 4 heteroatoms. The molecule has 0 aliphatic heterocycles. The Bertz CT molecular complexity index is 610. The van der Waals surface area contributed by atoms with Crippen molar-refractivity contribution in [3.05, 3.63) is 56.7 Å². The summed E-state index contributed by atoms with van der Waals surface area (Å²) in [6.45, 7) is 0.123. The molecular formula is C16H15ClOS2. The minimum atomic E-state index is 0.123. The van der Waals surface area contributed by atoms with Crippen LogP contribution in [0.1, 0.15) is 22.4 Å². The van der Waals surface area contributed by atoms with Crippen molar-refractivity contribution < 1.29 is 5.11 Å². The van der Waals surface area contributed by atoms with Crippen LogP contribution in [0.3, 0.4) is 0 Å². The molecule has 2 rings (SSSR count). The fourth-order valence-electron chi connectivity index (χ4n) is 1.62. The smallest absolute Gasteiger partial charge is 0.0540 e. The van der Waals surface area contributed by atoms with E-state index in [2.05, 4.69) is 29.4 Å². The summed E-state index contributed by atoms with van der Waals surface area (Å²) >= 11 is 9.71. The van der Waals surface area contributed by atoms with Gasteiger partial charge in [0.05, 0.1) is 6.61 Å². The van der Waals surface area contributed by atoms with Crippen molar-refractivity contribution in [3.8, 4) is 11.8 Å². The van der Waals surface area contributed by atoms with Gasteiger partial charge in [-0.2, -0.15) is 11.8 Å². The molecule has 1 aromatic heterocycles. The summed E-state index contributed by atoms with van der Waals surface area (Å²) in [5.41, 5.74) is 2.22. The summed E-state index contributed by atoms with van der Waals surface area (Å²) in [4.78, 5) is 1.32. The van der Waals surface area contributed by atoms with Crippen LogP contribution in [0, 0.1) is 11.8 Å². The Kier molecular flexibility index (Phi) is 6.49. The van der Waals surface area contributed by atoms with Crippen LogP contribution in [-0.2, 0) is 11.5 Å². The van der Waals surface area contributed by atoms with Crippen LogP contribution in [0.15, 0.2) is 35.7 Å². The summed E-state index contributed by atoms with van der Waals surface area (Å²) in [5, 5.41) is 11.6. The molecule has 0 fully saturated rings. The molecule has 20 heavy (non-hydrogen) atoms. The highest BCUT2D eigenvalue weighted by Crippen LogP contribution is 2.25. The van der Waals surface area contributed by atoms with E-state index in [1.54, 1.807) is 11.3 Å². The normalized spacial score (nSPS) is 10.1. The minimum absolute atomic E-state index is 0.123. The first-order chi connectivity index (χ1) is 9.79. The number of halogens is 1. The number of aliphatic hydroxyl groups is 1. The molecule has 0 aliphatic carbocycles. The summed E-state index contributed by atoms with van der Waals surface area (Å²) in [6.07, 6.45) is 0.534. The van der Waals surface area contributed by atoms with E-state index >= 15 is 0 Å². The first-order valence-electron chi connectivity index (χ1n) is 6.28. The first-order valence-corrected chi connectivity index (χ1v) is 8.69. The Morgan fingerprint density at radius 2 is 2.10 bits per heavy atom. The molecule has 104 valence electrons. The molecule has 0 atom stereocenters. The molecule has 2 aromatic rings. The number of thioether (sulfide) groups is 1. The van der Waals surface area contributed by atoms with Gasteiger partial charge in [-0.25, -0.2) is 0 Å². The summed E-state index contributed by atoms with van der Waals surface area (Å²) in [6, 6.07) is 10.1. The molecule has 0 radical (unpaired) electrons. The highest BCUT2D eigenvalue weighted by molar-refractivity contribution is 7.97. The number of aliphatic hydroxyl groups excluding tert-OH is 1. The molecule has 0 saturated heterocycles. The third kappa shape index (κ3) is 4.88. The fraction of sp³-hybridized carbons (Fsp3) is 0.250. The lowest BCUT2D eigenvalue weighted by atomic mass is 10.2. The zero-order valence-electron chi connectivity index (χ0n) is 10.9. The highest BCUT2D eigenvalue weighted by atomic mass is 35.5. The highest BCUT2D eigenvalue weighted by Gasteiger charge is 2.01. The van der Waals surface area contributed by atoms with Gasteiger partial charge in [-0.1, -0.05) is 41.6 Å². The molecule has 0 spiro atoms. The number of hydrogen-bond acceptors (Lipinski definition) is 3. The van der Waals surface area contributed by atoms with Gasteiger partial charge < -0.3 is 5.11 Å². The molecule has 1 N–H and O–H groups in total. The molecule has 1 heterocycles. The average molecular weight is 323 g/mol. The third-order valence-corrected chi connectivity index (χ3v) is 5.10. The predicted molar refractivity (Wildman–Crippen MR) is 89.4 cm³/mol. The zero-order valence-corrected chi connectivity index (χ0v) is 13.3. The molecule has 0 unspecified atom stereocenters. The maximum Gasteiger partial charge on any atom is 0.0540 e. The first kappa shape index (κ1) is 15.5. The molecule has 1 aromatic carbocycles. The number of benzene rings is 1. The van der Waals surface area contributed by atoms with Crippen molar-refractivity contribution in [2.75, 3.05) is 6.61 Å². The van der Waals surface area contributed by atoms with Gasteiger partial charge in [0.15, 0.2) is 0 Å². The molecule has 1 nitrogen and oxygen atoms in total. The molecule has 0 amide bonds. The van der Waals surface area contributed by atoms with E-state index in [-0.39, 0.29) is 6.61 Å². The minimum Gasteiger partial charge on any atom is -0.395 e. The number of hydrogen-bond donors (Lipinski definition) is 1. The van der Waals surface area contributed by atoms with Gasteiger partial charge in [0.1, 0.15) is 0 Å². The summed E-state index contributed by atoms with van der Waals surface area (Å²) in [7, 11) is 0. The second-order valence-electron chi connectivity index (χ2n) is 4.16. The van der Waals surface area contributed by atoms with Gasteiger partial charge in [-0.3, -0.25) is 0 Å². The van der Waals surface area contributed by atoms with E-state index in [0.29, 0.717) is 6.42 Å². The van der Waals surface area contributed by atoms with E-state index in [0.717, 1.165) is 22.1 Å². The Morgan fingerprint density at radius 3 is 2.90 bits per heavy atom. The van der Waals surface area contributed by atoms with Crippen molar-refractivity contribution >= 4 is 34.7 Å². The Balaban J connectivity index is 1.83. The Hall–Kier alpha value is -0.920. The lowest BCUT2D eigenvalue weighted by Gasteiger charge is -2.02. The maximum absolute atomic E-state index is 8.68. The number of rotatable bonds is 5. The average Bonchev–Trinajstić information content (AvgIpc) is 2.89. The molecular weight excluding hydrogens is 308 g/mol. The molecule has 0 saturated carbocycles. The van der Waals surface area contributed by atoms with E-state index < -0.39 is 0 Å². The third-order valence-electron chi connectivity index (χ3n) is 2.58. The van der Waals surface area contributed by atoms with Crippen LogP contribution < -0.4 is 0 Å². The van der Waals surface area contributed by atoms with Gasteiger partial charge >= 0.3 is 0 Å². The second kappa shape index (κ2) is 8.39. The zero-order chi connectivity index (χ0) is 14.2. The van der Waals surface area contributed by atoms with Crippen LogP contribution >= 0.6 is 34.7 Å². The van der Waals surface area contributed by atoms with Gasteiger partial charge in [0.25, 0.3) is 0 Å². The SMILES string of the molecule is OCCC#Cc1csc(CSCc2ccccc2Cl)c1. The fourth-order valence-corrected chi connectivity index (χ4v) is 3.88. The second-order valence-corrected chi connectivity index (χ2v) is 6.55. The summed E-state index contributed by atoms with van der Waals surface area (Å²) in [5.74, 6) is 7.88. The van der Waals surface area contributed by atoms with Crippen molar-refractivity contribution in [2.45, 2.75) is 17.9 Å². The van der Waals surface area contributed by atoms with Gasteiger partial charge in [0, 0.05) is 38.8 Å². The van der Waals surface area contributed by atoms with Gasteiger partial charge in [0.2, 0.25) is 0 Å². The van der Waals surface area contributed by atoms with Gasteiger partial charge in [-0.05, 0) is 17.7 Å². The van der Waals surface area contributed by atoms with Crippen molar-refractivity contribution in [1.29, 1.82) is 0 Å². The van der Waals surface area contributed by atoms with E-state index in [1.807, 2.05) is 30.0 Å². The van der Waals surface area contributed by atoms with Crippen molar-refractivity contribution in [1.82, 2.24) is 0 Å². The topological polar surface area (TPSA) is 20.2 Å². The lowest BCUT2D eigenvalue weighted by Crippen LogP contribution is -1.82. The van der Waals surface area contributed by atoms with Crippen LogP contribution in [0.2, 0.25) is 5.02 Å². The Labute approximate surface area is 133 Å². The van der Waals surface area contributed by atoms with E-state index in [9.17, 15) is 0 Å². The van der Waals surface area contributed by atoms with Crippen LogP contribution in [0.4, 0.5) is 0 Å². The quantitative estimate of drug-likeness (QED) is 0.814. The van der Waals surface area contributed by atoms with E-state index in [1.165, 1.54) is 10.4 Å². The van der Waals surface area contributed by atoms with Crippen molar-refractivity contribution in [2.24, 2.45) is 0 Å². The molecule has 0 bridgehead atoms. The molecule has 0 aliphatic rings.